The van der Waals surface area contributed by atoms with E-state index in [0.29, 0.717) is 19.7 Å². The van der Waals surface area contributed by atoms with Crippen molar-refractivity contribution >= 4 is 12.9 Å². The van der Waals surface area contributed by atoms with Gasteiger partial charge in [0.2, 0.25) is 0 Å². The number of rotatable bonds is 11. The van der Waals surface area contributed by atoms with Crippen LogP contribution < -0.4 is 0 Å². The standard InChI is InChI=1S/C10H17O4/c11-9-13-7-5-3-1-2-4-6-8-14-10-12/h9H,1-8H2. The molecule has 4 heteroatoms. The zero-order valence-corrected chi connectivity index (χ0v) is 8.37. The maximum Gasteiger partial charge on any atom is 0.417 e. The van der Waals surface area contributed by atoms with E-state index in [1.54, 1.807) is 0 Å². The summed E-state index contributed by atoms with van der Waals surface area (Å²) in [6.45, 7) is 2.86. The molecular weight excluding hydrogens is 184 g/mol. The second kappa shape index (κ2) is 11.9. The number of hydrogen-bond donors (Lipinski definition) is 0. The molecule has 0 bridgehead atoms. The highest BCUT2D eigenvalue weighted by Crippen LogP contribution is 2.05. The minimum Gasteiger partial charge on any atom is -0.468 e. The van der Waals surface area contributed by atoms with Crippen molar-refractivity contribution in [1.29, 1.82) is 0 Å². The van der Waals surface area contributed by atoms with Gasteiger partial charge in [-0.1, -0.05) is 25.7 Å². The average molecular weight is 201 g/mol. The van der Waals surface area contributed by atoms with Crippen LogP contribution in [-0.2, 0) is 19.1 Å². The van der Waals surface area contributed by atoms with Crippen molar-refractivity contribution in [3.63, 3.8) is 0 Å². The molecule has 0 aromatic rings. The summed E-state index contributed by atoms with van der Waals surface area (Å²) < 4.78 is 8.98. The molecule has 0 unspecified atom stereocenters. The predicted molar refractivity (Wildman–Crippen MR) is 51.4 cm³/mol. The number of hydrogen-bond acceptors (Lipinski definition) is 4. The van der Waals surface area contributed by atoms with Crippen LogP contribution in [0.25, 0.3) is 0 Å². The summed E-state index contributed by atoms with van der Waals surface area (Å²) >= 11 is 0. The topological polar surface area (TPSA) is 52.6 Å². The smallest absolute Gasteiger partial charge is 0.417 e. The van der Waals surface area contributed by atoms with E-state index >= 15 is 0 Å². The van der Waals surface area contributed by atoms with E-state index in [0.717, 1.165) is 38.5 Å². The van der Waals surface area contributed by atoms with Gasteiger partial charge in [-0.05, 0) is 12.8 Å². The molecule has 14 heavy (non-hydrogen) atoms. The van der Waals surface area contributed by atoms with Gasteiger partial charge in [0.05, 0.1) is 13.2 Å². The van der Waals surface area contributed by atoms with E-state index in [1.807, 2.05) is 0 Å². The van der Waals surface area contributed by atoms with Crippen molar-refractivity contribution in [1.82, 2.24) is 0 Å². The molecule has 0 amide bonds. The van der Waals surface area contributed by atoms with Gasteiger partial charge in [-0.25, -0.2) is 4.79 Å². The number of ether oxygens (including phenoxy) is 2. The highest BCUT2D eigenvalue weighted by atomic mass is 16.5. The van der Waals surface area contributed by atoms with E-state index in [2.05, 4.69) is 9.47 Å². The lowest BCUT2D eigenvalue weighted by Crippen LogP contribution is -1.93. The van der Waals surface area contributed by atoms with Crippen LogP contribution in [0.2, 0.25) is 0 Å². The first-order valence-corrected chi connectivity index (χ1v) is 4.96. The zero-order chi connectivity index (χ0) is 10.5. The van der Waals surface area contributed by atoms with Crippen LogP contribution in [0.15, 0.2) is 0 Å². The van der Waals surface area contributed by atoms with Gasteiger partial charge in [-0.3, -0.25) is 4.79 Å². The molecule has 0 N–H and O–H groups in total. The van der Waals surface area contributed by atoms with Gasteiger partial charge >= 0.3 is 6.47 Å². The highest BCUT2D eigenvalue weighted by Gasteiger charge is 1.92. The van der Waals surface area contributed by atoms with Gasteiger partial charge in [0.15, 0.2) is 0 Å². The van der Waals surface area contributed by atoms with Crippen LogP contribution in [0.4, 0.5) is 0 Å². The van der Waals surface area contributed by atoms with Gasteiger partial charge in [0.25, 0.3) is 6.47 Å². The molecule has 0 aromatic carbocycles. The monoisotopic (exact) mass is 201 g/mol. The van der Waals surface area contributed by atoms with Gasteiger partial charge < -0.3 is 9.47 Å². The van der Waals surface area contributed by atoms with Crippen LogP contribution >= 0.6 is 0 Å². The van der Waals surface area contributed by atoms with Gasteiger partial charge in [-0.2, -0.15) is 0 Å². The molecule has 0 rings (SSSR count). The first kappa shape index (κ1) is 12.9. The molecule has 0 atom stereocenters. The van der Waals surface area contributed by atoms with E-state index in [-0.39, 0.29) is 0 Å². The number of carbonyl (C=O) groups is 1. The predicted octanol–water partition coefficient (Wildman–Crippen LogP) is 1.58. The summed E-state index contributed by atoms with van der Waals surface area (Å²) in [7, 11) is 0. The quantitative estimate of drug-likeness (QED) is 0.376. The van der Waals surface area contributed by atoms with Crippen molar-refractivity contribution < 1.29 is 19.1 Å². The van der Waals surface area contributed by atoms with Crippen LogP contribution in [0.1, 0.15) is 38.5 Å². The van der Waals surface area contributed by atoms with Gasteiger partial charge in [0, 0.05) is 0 Å². The van der Waals surface area contributed by atoms with Crippen molar-refractivity contribution in [3.8, 4) is 0 Å². The van der Waals surface area contributed by atoms with Gasteiger partial charge in [0.1, 0.15) is 0 Å². The molecule has 0 aliphatic carbocycles. The second-order valence-electron chi connectivity index (χ2n) is 3.02. The lowest BCUT2D eigenvalue weighted by Gasteiger charge is -2.00. The molecule has 0 aliphatic heterocycles. The molecule has 0 saturated heterocycles. The van der Waals surface area contributed by atoms with Crippen molar-refractivity contribution in [2.75, 3.05) is 13.2 Å². The summed E-state index contributed by atoms with van der Waals surface area (Å²) in [6, 6.07) is 0. The largest absolute Gasteiger partial charge is 0.468 e. The summed E-state index contributed by atoms with van der Waals surface area (Å²) in [6.07, 6.45) is 6.23. The summed E-state index contributed by atoms with van der Waals surface area (Å²) in [5.41, 5.74) is 0. The summed E-state index contributed by atoms with van der Waals surface area (Å²) in [5.74, 6) is 0. The minimum atomic E-state index is 0.470. The third kappa shape index (κ3) is 10.9. The van der Waals surface area contributed by atoms with Crippen LogP contribution in [-0.4, -0.2) is 26.2 Å². The average Bonchev–Trinajstić information content (AvgIpc) is 2.21. The summed E-state index contributed by atoms with van der Waals surface area (Å²) in [5, 5.41) is 0. The first-order chi connectivity index (χ1) is 6.91. The Kier molecular flexibility index (Phi) is 11.0. The first-order valence-electron chi connectivity index (χ1n) is 4.96. The van der Waals surface area contributed by atoms with Crippen molar-refractivity contribution in [3.05, 3.63) is 0 Å². The maximum atomic E-state index is 9.77. The minimum absolute atomic E-state index is 0.470. The van der Waals surface area contributed by atoms with Crippen LogP contribution in [0.3, 0.4) is 0 Å². The molecule has 0 fully saturated rings. The molecule has 0 saturated carbocycles. The van der Waals surface area contributed by atoms with Gasteiger partial charge in [-0.15, -0.1) is 0 Å². The Bertz CT molecular complexity index is 120. The summed E-state index contributed by atoms with van der Waals surface area (Å²) in [4.78, 5) is 19.4. The molecule has 0 heterocycles. The fraction of sp³-hybridized carbons (Fsp3) is 0.800. The Hall–Kier alpha value is -1.06. The van der Waals surface area contributed by atoms with E-state index < -0.39 is 0 Å². The second-order valence-corrected chi connectivity index (χ2v) is 3.02. The third-order valence-electron chi connectivity index (χ3n) is 1.89. The lowest BCUT2D eigenvalue weighted by atomic mass is 10.1. The number of unbranched alkanes of at least 4 members (excludes halogenated alkanes) is 5. The number of carbonyl (C=O) groups excluding carboxylic acids is 2. The Morgan fingerprint density at radius 1 is 0.929 bits per heavy atom. The molecule has 0 spiro atoms. The Labute approximate surface area is 84.6 Å². The molecule has 81 valence electrons. The van der Waals surface area contributed by atoms with Crippen LogP contribution in [0.5, 0.6) is 0 Å². The molecule has 4 nitrogen and oxygen atoms in total. The molecule has 0 aromatic heterocycles. The van der Waals surface area contributed by atoms with E-state index in [9.17, 15) is 9.59 Å². The Morgan fingerprint density at radius 3 is 2.07 bits per heavy atom. The highest BCUT2D eigenvalue weighted by molar-refractivity contribution is 5.38. The van der Waals surface area contributed by atoms with Crippen molar-refractivity contribution in [2.45, 2.75) is 38.5 Å². The fourth-order valence-corrected chi connectivity index (χ4v) is 1.16. The van der Waals surface area contributed by atoms with E-state index in [4.69, 9.17) is 0 Å². The molecular formula is C10H17O4. The fourth-order valence-electron chi connectivity index (χ4n) is 1.16. The lowest BCUT2D eigenvalue weighted by molar-refractivity contribution is -0.128. The Balaban J connectivity index is 2.84. The maximum absolute atomic E-state index is 9.77. The van der Waals surface area contributed by atoms with Crippen molar-refractivity contribution in [2.24, 2.45) is 0 Å². The Morgan fingerprint density at radius 2 is 1.50 bits per heavy atom. The van der Waals surface area contributed by atoms with Crippen LogP contribution in [0, 0.1) is 0 Å². The zero-order valence-electron chi connectivity index (χ0n) is 8.37. The third-order valence-corrected chi connectivity index (χ3v) is 1.89. The molecule has 0 aliphatic rings. The SMILES string of the molecule is O=[C]OCCCCCCCCOC=O. The molecule has 1 radical (unpaired) electrons. The normalized spacial score (nSPS) is 9.43. The van der Waals surface area contributed by atoms with E-state index in [1.165, 1.54) is 6.47 Å².